The van der Waals surface area contributed by atoms with E-state index >= 15 is 0 Å². The van der Waals surface area contributed by atoms with Crippen molar-refractivity contribution < 1.29 is 4.74 Å². The minimum atomic E-state index is 0.388. The number of rotatable bonds is 2. The van der Waals surface area contributed by atoms with Crippen LogP contribution in [0.4, 0.5) is 0 Å². The van der Waals surface area contributed by atoms with Gasteiger partial charge in [-0.15, -0.1) is 0 Å². The molecule has 0 fully saturated rings. The van der Waals surface area contributed by atoms with Crippen molar-refractivity contribution in [3.8, 4) is 11.8 Å². The molecule has 0 saturated carbocycles. The highest BCUT2D eigenvalue weighted by Crippen LogP contribution is 2.26. The molecule has 3 nitrogen and oxygen atoms in total. The predicted molar refractivity (Wildman–Crippen MR) is 75.5 cm³/mol. The molecule has 0 aliphatic rings. The van der Waals surface area contributed by atoms with E-state index in [0.29, 0.717) is 6.01 Å². The van der Waals surface area contributed by atoms with Gasteiger partial charge in [0.25, 0.3) is 0 Å². The zero-order chi connectivity index (χ0) is 12.4. The van der Waals surface area contributed by atoms with Crippen LogP contribution < -0.4 is 4.74 Å². The molecule has 0 aliphatic carbocycles. The fourth-order valence-electron chi connectivity index (χ4n) is 1.56. The van der Waals surface area contributed by atoms with Crippen LogP contribution in [0.15, 0.2) is 24.5 Å². The quantitative estimate of drug-likeness (QED) is 0.780. The molecule has 88 valence electrons. The summed E-state index contributed by atoms with van der Waals surface area (Å²) in [5.41, 5.74) is 3.51. The molecule has 2 rings (SSSR count). The maximum atomic E-state index is 5.70. The summed E-state index contributed by atoms with van der Waals surface area (Å²) >= 11 is 2.16. The Labute approximate surface area is 114 Å². The van der Waals surface area contributed by atoms with E-state index in [0.717, 1.165) is 14.9 Å². The Balaban J connectivity index is 2.32. The predicted octanol–water partition coefficient (Wildman–Crippen LogP) is 3.80. The summed E-state index contributed by atoms with van der Waals surface area (Å²) in [6.07, 6.45) is 3.47. The molecule has 0 saturated heterocycles. The molecule has 17 heavy (non-hydrogen) atoms. The van der Waals surface area contributed by atoms with Crippen molar-refractivity contribution in [2.45, 2.75) is 20.8 Å². The van der Waals surface area contributed by atoms with E-state index in [1.807, 2.05) is 19.9 Å². The maximum Gasteiger partial charge on any atom is 0.321 e. The van der Waals surface area contributed by atoms with Crippen LogP contribution in [-0.2, 0) is 0 Å². The zero-order valence-electron chi connectivity index (χ0n) is 9.99. The lowest BCUT2D eigenvalue weighted by Crippen LogP contribution is -1.95. The third kappa shape index (κ3) is 2.94. The first-order chi connectivity index (χ1) is 8.06. The van der Waals surface area contributed by atoms with Crippen LogP contribution in [0, 0.1) is 24.3 Å². The molecule has 2 aromatic rings. The Morgan fingerprint density at radius 2 is 1.71 bits per heavy atom. The summed E-state index contributed by atoms with van der Waals surface area (Å²) in [5, 5.41) is 0. The van der Waals surface area contributed by atoms with Crippen LogP contribution in [0.3, 0.4) is 0 Å². The molecule has 0 radical (unpaired) electrons. The Bertz CT molecular complexity index is 538. The van der Waals surface area contributed by atoms with Crippen molar-refractivity contribution in [1.29, 1.82) is 0 Å². The van der Waals surface area contributed by atoms with E-state index in [1.165, 1.54) is 11.1 Å². The van der Waals surface area contributed by atoms with E-state index in [2.05, 4.69) is 45.5 Å². The highest BCUT2D eigenvalue weighted by Gasteiger charge is 2.06. The lowest BCUT2D eigenvalue weighted by atomic mass is 10.1. The highest BCUT2D eigenvalue weighted by molar-refractivity contribution is 14.1. The highest BCUT2D eigenvalue weighted by atomic mass is 127. The molecule has 0 bridgehead atoms. The van der Waals surface area contributed by atoms with E-state index in [-0.39, 0.29) is 0 Å². The molecular weight excluding hydrogens is 327 g/mol. The Hall–Kier alpha value is -1.17. The average molecular weight is 340 g/mol. The lowest BCUT2D eigenvalue weighted by molar-refractivity contribution is 0.437. The number of hydrogen-bond donors (Lipinski definition) is 0. The van der Waals surface area contributed by atoms with Crippen LogP contribution in [0.5, 0.6) is 11.8 Å². The summed E-state index contributed by atoms with van der Waals surface area (Å²) in [5.74, 6) is 0.823. The Morgan fingerprint density at radius 1 is 1.06 bits per heavy atom. The summed E-state index contributed by atoms with van der Waals surface area (Å²) in [4.78, 5) is 8.27. The largest absolute Gasteiger partial charge is 0.424 e. The number of aryl methyl sites for hydroxylation is 2. The van der Waals surface area contributed by atoms with Gasteiger partial charge in [0.2, 0.25) is 0 Å². The van der Waals surface area contributed by atoms with Gasteiger partial charge in [-0.3, -0.25) is 0 Å². The van der Waals surface area contributed by atoms with Gasteiger partial charge in [0, 0.05) is 16.0 Å². The summed E-state index contributed by atoms with van der Waals surface area (Å²) in [6.45, 7) is 6.16. The minimum Gasteiger partial charge on any atom is -0.424 e. The van der Waals surface area contributed by atoms with Gasteiger partial charge in [-0.1, -0.05) is 6.07 Å². The van der Waals surface area contributed by atoms with Crippen LogP contribution in [-0.4, -0.2) is 9.97 Å². The molecule has 0 atom stereocenters. The van der Waals surface area contributed by atoms with E-state index in [9.17, 15) is 0 Å². The Kier molecular flexibility index (Phi) is 3.61. The van der Waals surface area contributed by atoms with Crippen molar-refractivity contribution in [2.75, 3.05) is 0 Å². The fraction of sp³-hybridized carbons (Fsp3) is 0.231. The molecule has 4 heteroatoms. The zero-order valence-corrected chi connectivity index (χ0v) is 12.1. The van der Waals surface area contributed by atoms with Gasteiger partial charge in [0.05, 0.1) is 0 Å². The SMILES string of the molecule is Cc1cc(C)c(C)c(Oc2ncc(I)cn2)c1. The first kappa shape index (κ1) is 12.3. The lowest BCUT2D eigenvalue weighted by Gasteiger charge is -2.10. The normalized spacial score (nSPS) is 10.4. The second-order valence-electron chi connectivity index (χ2n) is 3.99. The second kappa shape index (κ2) is 5.00. The minimum absolute atomic E-state index is 0.388. The van der Waals surface area contributed by atoms with E-state index in [4.69, 9.17) is 4.74 Å². The van der Waals surface area contributed by atoms with Crippen LogP contribution >= 0.6 is 22.6 Å². The van der Waals surface area contributed by atoms with Crippen molar-refractivity contribution in [1.82, 2.24) is 9.97 Å². The van der Waals surface area contributed by atoms with E-state index in [1.54, 1.807) is 12.4 Å². The molecule has 0 spiro atoms. The van der Waals surface area contributed by atoms with Crippen LogP contribution in [0.25, 0.3) is 0 Å². The van der Waals surface area contributed by atoms with Gasteiger partial charge < -0.3 is 4.74 Å². The molecule has 0 unspecified atom stereocenters. The number of nitrogens with zero attached hydrogens (tertiary/aromatic N) is 2. The van der Waals surface area contributed by atoms with Gasteiger partial charge >= 0.3 is 6.01 Å². The maximum absolute atomic E-state index is 5.70. The molecule has 0 N–H and O–H groups in total. The van der Waals surface area contributed by atoms with E-state index < -0.39 is 0 Å². The first-order valence-corrected chi connectivity index (χ1v) is 6.37. The summed E-state index contributed by atoms with van der Waals surface area (Å²) < 4.78 is 6.69. The molecule has 1 aromatic heterocycles. The first-order valence-electron chi connectivity index (χ1n) is 5.29. The standard InChI is InChI=1S/C13H13IN2O/c1-8-4-9(2)10(3)12(5-8)17-13-15-6-11(14)7-16-13/h4-7H,1-3H3. The monoisotopic (exact) mass is 340 g/mol. The van der Waals surface area contributed by atoms with Gasteiger partial charge in [-0.05, 0) is 66.1 Å². The average Bonchev–Trinajstić information content (AvgIpc) is 2.28. The number of hydrogen-bond acceptors (Lipinski definition) is 3. The molecule has 0 amide bonds. The summed E-state index contributed by atoms with van der Waals surface area (Å²) in [6, 6.07) is 4.53. The smallest absolute Gasteiger partial charge is 0.321 e. The molecule has 0 aliphatic heterocycles. The van der Waals surface area contributed by atoms with Crippen molar-refractivity contribution in [3.05, 3.63) is 44.8 Å². The van der Waals surface area contributed by atoms with Gasteiger partial charge in [0.1, 0.15) is 5.75 Å². The van der Waals surface area contributed by atoms with Crippen molar-refractivity contribution in [2.24, 2.45) is 0 Å². The van der Waals surface area contributed by atoms with Crippen molar-refractivity contribution in [3.63, 3.8) is 0 Å². The number of benzene rings is 1. The number of halogens is 1. The van der Waals surface area contributed by atoms with Gasteiger partial charge in [-0.25, -0.2) is 9.97 Å². The Morgan fingerprint density at radius 3 is 2.35 bits per heavy atom. The number of aromatic nitrogens is 2. The topological polar surface area (TPSA) is 35.0 Å². The van der Waals surface area contributed by atoms with Gasteiger partial charge in [0.15, 0.2) is 0 Å². The molecular formula is C13H13IN2O. The van der Waals surface area contributed by atoms with Gasteiger partial charge in [-0.2, -0.15) is 0 Å². The fourth-order valence-corrected chi connectivity index (χ4v) is 1.84. The third-order valence-corrected chi connectivity index (χ3v) is 3.12. The van der Waals surface area contributed by atoms with Crippen LogP contribution in [0.1, 0.15) is 16.7 Å². The molecule has 1 heterocycles. The van der Waals surface area contributed by atoms with Crippen LogP contribution in [0.2, 0.25) is 0 Å². The second-order valence-corrected chi connectivity index (χ2v) is 5.24. The van der Waals surface area contributed by atoms with Crippen molar-refractivity contribution >= 4 is 22.6 Å². The third-order valence-electron chi connectivity index (χ3n) is 2.56. The summed E-state index contributed by atoms with van der Waals surface area (Å²) in [7, 11) is 0. The molecule has 1 aromatic carbocycles. The number of ether oxygens (including phenoxy) is 1.